The Balaban J connectivity index is 0.000000921. The smallest absolute Gasteiger partial charge is 0.399 e. The Kier molecular flexibility index (Phi) is 4.65. The summed E-state index contributed by atoms with van der Waals surface area (Å²) in [5, 5.41) is 8.38. The molecule has 2 nitrogen and oxygen atoms in total. The number of alkyl halides is 3. The molecule has 0 saturated carbocycles. The number of nitrogens with two attached hydrogens (primary N) is 1. The molecule has 2 N–H and O–H groups in total. The average Bonchev–Trinajstić information content (AvgIpc) is 2.19. The van der Waals surface area contributed by atoms with Gasteiger partial charge in [-0.2, -0.15) is 18.4 Å². The molecule has 0 atom stereocenters. The monoisotopic (exact) mass is 216 g/mol. The highest BCUT2D eigenvalue weighted by atomic mass is 19.4. The van der Waals surface area contributed by atoms with E-state index in [2.05, 4.69) is 0 Å². The maximum atomic E-state index is 12.2. The highest BCUT2D eigenvalue weighted by molar-refractivity contribution is 5.50. The summed E-state index contributed by atoms with van der Waals surface area (Å²) in [6.45, 7) is 4.00. The molecule has 1 aromatic rings. The van der Waals surface area contributed by atoms with Gasteiger partial charge in [0.05, 0.1) is 17.2 Å². The van der Waals surface area contributed by atoms with E-state index in [-0.39, 0.29) is 5.69 Å². The molecule has 15 heavy (non-hydrogen) atoms. The highest BCUT2D eigenvalue weighted by Gasteiger charge is 2.33. The molecular formula is C10H11F3N2. The minimum Gasteiger partial charge on any atom is -0.399 e. The van der Waals surface area contributed by atoms with Gasteiger partial charge in [-0.1, -0.05) is 13.8 Å². The molecule has 0 saturated heterocycles. The standard InChI is InChI=1S/C8H5F3N2.C2H6/c9-8(10,11)7-3-6(13)2-1-5(7)4-12;1-2/h1-3H,13H2;1-2H3. The predicted octanol–water partition coefficient (Wildman–Crippen LogP) is 3.19. The summed E-state index contributed by atoms with van der Waals surface area (Å²) < 4.78 is 36.6. The molecule has 0 amide bonds. The summed E-state index contributed by atoms with van der Waals surface area (Å²) in [6.07, 6.45) is -4.53. The van der Waals surface area contributed by atoms with Crippen molar-refractivity contribution in [3.05, 3.63) is 29.3 Å². The average molecular weight is 216 g/mol. The maximum absolute atomic E-state index is 12.2. The van der Waals surface area contributed by atoms with Crippen molar-refractivity contribution in [2.45, 2.75) is 20.0 Å². The van der Waals surface area contributed by atoms with Crippen molar-refractivity contribution in [1.82, 2.24) is 0 Å². The third-order valence-corrected chi connectivity index (χ3v) is 1.47. The van der Waals surface area contributed by atoms with Crippen LogP contribution in [0.15, 0.2) is 18.2 Å². The normalized spacial score (nSPS) is 9.87. The van der Waals surface area contributed by atoms with Gasteiger partial charge in [-0.3, -0.25) is 0 Å². The van der Waals surface area contributed by atoms with E-state index in [9.17, 15) is 13.2 Å². The van der Waals surface area contributed by atoms with Crippen LogP contribution in [0.4, 0.5) is 18.9 Å². The zero-order valence-corrected chi connectivity index (χ0v) is 8.39. The SMILES string of the molecule is CC.N#Cc1ccc(N)cc1C(F)(F)F. The minimum atomic E-state index is -4.53. The van der Waals surface area contributed by atoms with Gasteiger partial charge >= 0.3 is 6.18 Å². The maximum Gasteiger partial charge on any atom is 0.417 e. The van der Waals surface area contributed by atoms with Crippen molar-refractivity contribution in [1.29, 1.82) is 5.26 Å². The molecule has 0 aliphatic heterocycles. The second-order valence-electron chi connectivity index (χ2n) is 2.41. The number of hydrogen-bond donors (Lipinski definition) is 1. The molecule has 0 bridgehead atoms. The molecule has 5 heteroatoms. The van der Waals surface area contributed by atoms with Gasteiger partial charge in [0.15, 0.2) is 0 Å². The lowest BCUT2D eigenvalue weighted by atomic mass is 10.1. The molecular weight excluding hydrogens is 205 g/mol. The molecule has 0 heterocycles. The topological polar surface area (TPSA) is 49.8 Å². The van der Waals surface area contributed by atoms with E-state index < -0.39 is 17.3 Å². The molecule has 1 aromatic carbocycles. The van der Waals surface area contributed by atoms with E-state index in [1.165, 1.54) is 12.1 Å². The fourth-order valence-electron chi connectivity index (χ4n) is 0.894. The number of nitriles is 1. The van der Waals surface area contributed by atoms with Crippen LogP contribution >= 0.6 is 0 Å². The number of halogens is 3. The third kappa shape index (κ3) is 3.50. The molecule has 0 aromatic heterocycles. The number of hydrogen-bond acceptors (Lipinski definition) is 2. The van der Waals surface area contributed by atoms with E-state index in [4.69, 9.17) is 11.0 Å². The number of anilines is 1. The number of nitrogens with zero attached hydrogens (tertiary/aromatic N) is 1. The van der Waals surface area contributed by atoms with Crippen molar-refractivity contribution >= 4 is 5.69 Å². The summed E-state index contributed by atoms with van der Waals surface area (Å²) in [5.41, 5.74) is 3.76. The van der Waals surface area contributed by atoms with Gasteiger partial charge in [0.1, 0.15) is 0 Å². The molecule has 82 valence electrons. The lowest BCUT2D eigenvalue weighted by molar-refractivity contribution is -0.137. The second-order valence-corrected chi connectivity index (χ2v) is 2.41. The molecule has 0 aliphatic carbocycles. The molecule has 0 aliphatic rings. The largest absolute Gasteiger partial charge is 0.417 e. The first-order valence-electron chi connectivity index (χ1n) is 4.32. The Morgan fingerprint density at radius 3 is 2.20 bits per heavy atom. The summed E-state index contributed by atoms with van der Waals surface area (Å²) >= 11 is 0. The Morgan fingerprint density at radius 2 is 1.80 bits per heavy atom. The molecule has 0 fully saturated rings. The summed E-state index contributed by atoms with van der Waals surface area (Å²) in [6, 6.07) is 4.51. The number of rotatable bonds is 0. The van der Waals surface area contributed by atoms with Crippen LogP contribution in [0.3, 0.4) is 0 Å². The lowest BCUT2D eigenvalue weighted by Crippen LogP contribution is -2.08. The first-order chi connectivity index (χ1) is 6.95. The molecule has 0 radical (unpaired) electrons. The number of benzene rings is 1. The first-order valence-corrected chi connectivity index (χ1v) is 4.32. The fourth-order valence-corrected chi connectivity index (χ4v) is 0.894. The third-order valence-electron chi connectivity index (χ3n) is 1.47. The van der Waals surface area contributed by atoms with Crippen LogP contribution < -0.4 is 5.73 Å². The van der Waals surface area contributed by atoms with E-state index >= 15 is 0 Å². The van der Waals surface area contributed by atoms with Crippen LogP contribution in [0, 0.1) is 11.3 Å². The quantitative estimate of drug-likeness (QED) is 0.677. The fraction of sp³-hybridized carbons (Fsp3) is 0.300. The molecule has 0 spiro atoms. The molecule has 1 rings (SSSR count). The zero-order valence-electron chi connectivity index (χ0n) is 8.39. The van der Waals surface area contributed by atoms with Crippen LogP contribution in [0.2, 0.25) is 0 Å². The van der Waals surface area contributed by atoms with Crippen LogP contribution in [0.25, 0.3) is 0 Å². The van der Waals surface area contributed by atoms with Crippen LogP contribution in [-0.2, 0) is 6.18 Å². The highest BCUT2D eigenvalue weighted by Crippen LogP contribution is 2.32. The zero-order chi connectivity index (χ0) is 12.1. The van der Waals surface area contributed by atoms with E-state index in [1.54, 1.807) is 0 Å². The van der Waals surface area contributed by atoms with Crippen molar-refractivity contribution in [3.8, 4) is 6.07 Å². The van der Waals surface area contributed by atoms with Crippen molar-refractivity contribution in [3.63, 3.8) is 0 Å². The van der Waals surface area contributed by atoms with Gasteiger partial charge in [0.2, 0.25) is 0 Å². The molecule has 0 unspecified atom stereocenters. The summed E-state index contributed by atoms with van der Waals surface area (Å²) in [7, 11) is 0. The number of nitrogen functional groups attached to an aromatic ring is 1. The van der Waals surface area contributed by atoms with Gasteiger partial charge in [-0.15, -0.1) is 0 Å². The van der Waals surface area contributed by atoms with Gasteiger partial charge < -0.3 is 5.73 Å². The van der Waals surface area contributed by atoms with Gasteiger partial charge in [0, 0.05) is 5.69 Å². The minimum absolute atomic E-state index is 0.00803. The Bertz CT molecular complexity index is 364. The Labute approximate surface area is 86.1 Å². The van der Waals surface area contributed by atoms with Gasteiger partial charge in [0.25, 0.3) is 0 Å². The van der Waals surface area contributed by atoms with Crippen LogP contribution in [-0.4, -0.2) is 0 Å². The first kappa shape index (κ1) is 13.3. The van der Waals surface area contributed by atoms with Gasteiger partial charge in [-0.25, -0.2) is 0 Å². The Hall–Kier alpha value is -1.70. The lowest BCUT2D eigenvalue weighted by Gasteiger charge is -2.08. The van der Waals surface area contributed by atoms with Crippen LogP contribution in [0.5, 0.6) is 0 Å². The van der Waals surface area contributed by atoms with Gasteiger partial charge in [-0.05, 0) is 18.2 Å². The van der Waals surface area contributed by atoms with Crippen molar-refractivity contribution in [2.75, 3.05) is 5.73 Å². The Morgan fingerprint density at radius 1 is 1.27 bits per heavy atom. The van der Waals surface area contributed by atoms with Crippen molar-refractivity contribution in [2.24, 2.45) is 0 Å². The van der Waals surface area contributed by atoms with Crippen molar-refractivity contribution < 1.29 is 13.2 Å². The van der Waals surface area contributed by atoms with E-state index in [1.807, 2.05) is 13.8 Å². The second kappa shape index (κ2) is 5.25. The predicted molar refractivity (Wildman–Crippen MR) is 51.9 cm³/mol. The summed E-state index contributed by atoms with van der Waals surface area (Å²) in [4.78, 5) is 0. The summed E-state index contributed by atoms with van der Waals surface area (Å²) in [5.74, 6) is 0. The van der Waals surface area contributed by atoms with Crippen LogP contribution in [0.1, 0.15) is 25.0 Å². The van der Waals surface area contributed by atoms with E-state index in [0.29, 0.717) is 0 Å². The van der Waals surface area contributed by atoms with E-state index in [0.717, 1.165) is 12.1 Å².